The van der Waals surface area contributed by atoms with Gasteiger partial charge < -0.3 is 79.7 Å². The molecule has 25 nitrogen and oxygen atoms in total. The lowest BCUT2D eigenvalue weighted by atomic mass is 9.91. The maximum absolute atomic E-state index is 14.2. The van der Waals surface area contributed by atoms with Crippen molar-refractivity contribution < 1.29 is 62.6 Å². The second-order valence-electron chi connectivity index (χ2n) is 17.8. The number of nitrogens with one attached hydrogen (secondary N) is 9. The predicted octanol–water partition coefficient (Wildman–Crippen LogP) is -5.21. The number of hydrogen-bond donors (Lipinski definition) is 13. The summed E-state index contributed by atoms with van der Waals surface area (Å²) < 4.78 is 0. The lowest BCUT2D eigenvalue weighted by molar-refractivity contribution is -0.135. The van der Waals surface area contributed by atoms with Crippen LogP contribution < -0.4 is 65.1 Å². The number of benzene rings is 1. The summed E-state index contributed by atoms with van der Waals surface area (Å²) in [6.07, 6.45) is -0.593. The molecule has 2 aliphatic rings. The van der Waals surface area contributed by atoms with Crippen molar-refractivity contribution >= 4 is 71.6 Å². The molecule has 2 fully saturated rings. The van der Waals surface area contributed by atoms with E-state index in [0.29, 0.717) is 31.0 Å². The average molecular weight is 971 g/mol. The van der Waals surface area contributed by atoms with Crippen molar-refractivity contribution in [2.24, 2.45) is 35.0 Å². The van der Waals surface area contributed by atoms with E-state index < -0.39 is 145 Å². The lowest BCUT2D eigenvalue weighted by Gasteiger charge is -2.34. The molecule has 16 N–H and O–H groups in total. The van der Waals surface area contributed by atoms with Crippen molar-refractivity contribution in [2.75, 3.05) is 32.7 Å². The fraction of sp³-hybridized carbons (Fsp3) is 0.591. The Kier molecular flexibility index (Phi) is 21.6. The zero-order valence-electron chi connectivity index (χ0n) is 39.0. The van der Waals surface area contributed by atoms with Gasteiger partial charge >= 0.3 is 0 Å². The van der Waals surface area contributed by atoms with E-state index in [1.54, 1.807) is 13.8 Å². The molecule has 1 aliphatic heterocycles. The van der Waals surface area contributed by atoms with Crippen LogP contribution in [0.1, 0.15) is 77.7 Å². The Morgan fingerprint density at radius 2 is 1.58 bits per heavy atom. The van der Waals surface area contributed by atoms with Crippen molar-refractivity contribution in [3.05, 3.63) is 29.8 Å². The van der Waals surface area contributed by atoms with Crippen LogP contribution in [0.5, 0.6) is 5.75 Å². The molecule has 0 aromatic heterocycles. The summed E-state index contributed by atoms with van der Waals surface area (Å²) in [7, 11) is 0. The highest BCUT2D eigenvalue weighted by Gasteiger charge is 2.45. The highest BCUT2D eigenvalue weighted by Crippen LogP contribution is 2.41. The Bertz CT molecular complexity index is 2070. The molecule has 1 heterocycles. The average Bonchev–Trinajstić information content (AvgIpc) is 4.08. The first-order valence-electron chi connectivity index (χ1n) is 22.6. The van der Waals surface area contributed by atoms with Crippen LogP contribution in [0.2, 0.25) is 0 Å². The van der Waals surface area contributed by atoms with Gasteiger partial charge in [0.1, 0.15) is 47.5 Å². The summed E-state index contributed by atoms with van der Waals surface area (Å²) >= 11 is 0. The van der Waals surface area contributed by atoms with E-state index in [0.717, 1.165) is 0 Å². The van der Waals surface area contributed by atoms with Crippen LogP contribution in [0.4, 0.5) is 0 Å². The second kappa shape index (κ2) is 26.5. The first-order valence-corrected chi connectivity index (χ1v) is 22.6. The summed E-state index contributed by atoms with van der Waals surface area (Å²) in [4.78, 5) is 155. The normalized spacial score (nSPS) is 25.3. The Labute approximate surface area is 398 Å². The van der Waals surface area contributed by atoms with E-state index in [2.05, 4.69) is 47.9 Å². The zero-order valence-corrected chi connectivity index (χ0v) is 39.0. The fourth-order valence-electron chi connectivity index (χ4n) is 7.45. The van der Waals surface area contributed by atoms with Crippen LogP contribution in [0, 0.1) is 17.8 Å². The molecule has 1 aromatic carbocycles. The van der Waals surface area contributed by atoms with Crippen LogP contribution in [0.25, 0.3) is 0 Å². The molecular formula is C44H66N12O13. The molecule has 1 aromatic rings. The van der Waals surface area contributed by atoms with E-state index in [4.69, 9.17) is 17.2 Å². The molecular weight excluding hydrogens is 905 g/mol. The first-order chi connectivity index (χ1) is 32.5. The second-order valence-corrected chi connectivity index (χ2v) is 17.8. The van der Waals surface area contributed by atoms with Crippen LogP contribution in [-0.4, -0.2) is 145 Å². The highest BCUT2D eigenvalue weighted by atomic mass is 16.3. The van der Waals surface area contributed by atoms with Crippen LogP contribution >= 0.6 is 0 Å². The summed E-state index contributed by atoms with van der Waals surface area (Å²) in [5.41, 5.74) is 13.2. The van der Waals surface area contributed by atoms with E-state index in [9.17, 15) is 62.6 Å². The third kappa shape index (κ3) is 18.9. The van der Waals surface area contributed by atoms with Gasteiger partial charge in [0.2, 0.25) is 59.1 Å². The maximum atomic E-state index is 14.2. The van der Waals surface area contributed by atoms with Crippen molar-refractivity contribution in [3.63, 3.8) is 0 Å². The molecule has 3 rings (SSSR count). The number of rotatable bonds is 21. The van der Waals surface area contributed by atoms with Gasteiger partial charge in [-0.3, -0.25) is 47.9 Å². The smallest absolute Gasteiger partial charge is 0.243 e. The fourth-order valence-corrected chi connectivity index (χ4v) is 7.45. The molecule has 1 saturated heterocycles. The number of phenols is 1. The molecule has 1 saturated carbocycles. The zero-order chi connectivity index (χ0) is 51.5. The van der Waals surface area contributed by atoms with Gasteiger partial charge in [0.25, 0.3) is 0 Å². The molecule has 380 valence electrons. The number of aromatic hydroxyl groups is 1. The van der Waals surface area contributed by atoms with E-state index in [1.165, 1.54) is 31.2 Å². The maximum Gasteiger partial charge on any atom is 0.243 e. The third-order valence-corrected chi connectivity index (χ3v) is 11.9. The largest absolute Gasteiger partial charge is 0.508 e. The number of carbonyl (C=O) groups excluding carboxylic acids is 12. The Hall–Kier alpha value is -7.02. The van der Waals surface area contributed by atoms with Gasteiger partial charge in [-0.05, 0) is 62.1 Å². The van der Waals surface area contributed by atoms with Crippen molar-refractivity contribution in [1.29, 1.82) is 0 Å². The molecule has 25 heteroatoms. The summed E-state index contributed by atoms with van der Waals surface area (Å²) in [5.74, 6) is -9.32. The van der Waals surface area contributed by atoms with Gasteiger partial charge in [-0.15, -0.1) is 0 Å². The van der Waals surface area contributed by atoms with E-state index in [1.807, 2.05) is 0 Å². The molecule has 1 aliphatic carbocycles. The van der Waals surface area contributed by atoms with Crippen molar-refractivity contribution in [2.45, 2.75) is 114 Å². The minimum atomic E-state index is -2.00. The van der Waals surface area contributed by atoms with E-state index in [-0.39, 0.29) is 50.6 Å². The number of amides is 10. The third-order valence-electron chi connectivity index (χ3n) is 11.9. The van der Waals surface area contributed by atoms with Crippen LogP contribution in [-0.2, 0) is 64.0 Å². The monoisotopic (exact) mass is 970 g/mol. The van der Waals surface area contributed by atoms with Gasteiger partial charge in [-0.25, -0.2) is 0 Å². The van der Waals surface area contributed by atoms with Crippen molar-refractivity contribution in [3.8, 4) is 5.75 Å². The summed E-state index contributed by atoms with van der Waals surface area (Å²) in [6.45, 7) is 3.32. The number of hydrogen-bond acceptors (Lipinski definition) is 15. The predicted molar refractivity (Wildman–Crippen MR) is 244 cm³/mol. The minimum absolute atomic E-state index is 0.00194. The van der Waals surface area contributed by atoms with Gasteiger partial charge in [-0.1, -0.05) is 32.4 Å². The van der Waals surface area contributed by atoms with Gasteiger partial charge in [0.05, 0.1) is 25.6 Å². The SMILES string of the molecule is CCC(C)C1NC(=O)C(Cc2ccc(O)cc2)NC(=O)CNC(=O)CCC(C(=O)NCCC2CC2C(=O)NC(C)(C=O)CNCC(N)=O)NC(=O)C(CC(N)=O)NCC(C=O)(CCC(N)=O)NC1=O. The molecule has 0 bridgehead atoms. The molecule has 69 heavy (non-hydrogen) atoms. The topological polar surface area (TPSA) is 411 Å². The molecule has 10 amide bonds. The molecule has 0 spiro atoms. The summed E-state index contributed by atoms with van der Waals surface area (Å²) in [6, 6.07) is 0.0409. The first kappa shape index (κ1) is 56.3. The van der Waals surface area contributed by atoms with Crippen LogP contribution in [0.3, 0.4) is 0 Å². The van der Waals surface area contributed by atoms with Gasteiger partial charge in [0, 0.05) is 44.8 Å². The van der Waals surface area contributed by atoms with Gasteiger partial charge in [-0.2, -0.15) is 0 Å². The Morgan fingerprint density at radius 1 is 0.899 bits per heavy atom. The number of aldehydes is 2. The quantitative estimate of drug-likeness (QED) is 0.0512. The number of primary amides is 3. The molecule has 9 unspecified atom stereocenters. The van der Waals surface area contributed by atoms with E-state index >= 15 is 0 Å². The minimum Gasteiger partial charge on any atom is -0.508 e. The van der Waals surface area contributed by atoms with Gasteiger partial charge in [0.15, 0.2) is 0 Å². The highest BCUT2D eigenvalue weighted by molar-refractivity contribution is 5.96. The Morgan fingerprint density at radius 3 is 2.19 bits per heavy atom. The van der Waals surface area contributed by atoms with Crippen molar-refractivity contribution in [1.82, 2.24) is 47.9 Å². The molecule has 0 radical (unpaired) electrons. The van der Waals surface area contributed by atoms with Crippen LogP contribution in [0.15, 0.2) is 24.3 Å². The Balaban J connectivity index is 1.91. The number of nitrogens with two attached hydrogens (primary N) is 3. The lowest BCUT2D eigenvalue weighted by Crippen LogP contribution is -2.64. The molecule has 9 atom stereocenters. The standard InChI is InChI=1S/C44H66N12O13/c1-4-24(2)37-42(69)56-44(23-58,13-11-32(45)60)21-51-30(17-33(46)61)40(67)53-29(39(66)49-14-12-26-16-28(26)38(65)55-43(3,22-57)20-48-18-34(47)62)9-10-35(63)50-19-36(64)52-31(41(68)54-37)15-25-5-7-27(59)8-6-25/h5-8,22-24,26,28-31,37,48,51,59H,4,9-21H2,1-3H3,(H2,45,60)(H2,46,61)(H2,47,62)(H,49,66)(H,50,63)(H,52,64)(H,53,67)(H,54,68)(H,55,65)(H,56,69). The number of carbonyl (C=O) groups is 12. The summed E-state index contributed by atoms with van der Waals surface area (Å²) in [5, 5.41) is 33.3. The number of phenolic OH excluding ortho intramolecular Hbond substituents is 1.